The summed E-state index contributed by atoms with van der Waals surface area (Å²) in [5, 5.41) is 14.9. The second-order valence-corrected chi connectivity index (χ2v) is 6.01. The molecule has 0 N–H and O–H groups in total. The lowest BCUT2D eigenvalue weighted by Gasteiger charge is -2.26. The van der Waals surface area contributed by atoms with Crippen LogP contribution in [-0.2, 0) is 0 Å². The molecule has 1 aliphatic heterocycles. The largest absolute Gasteiger partial charge is 0.346 e. The first-order valence-corrected chi connectivity index (χ1v) is 7.78. The highest BCUT2D eigenvalue weighted by atomic mass is 19.1. The van der Waals surface area contributed by atoms with E-state index in [1.165, 1.54) is 21.7 Å². The summed E-state index contributed by atoms with van der Waals surface area (Å²) in [4.78, 5) is 16.1. The molecule has 134 valence electrons. The lowest BCUT2D eigenvalue weighted by atomic mass is 10.0. The normalized spacial score (nSPS) is 20.0. The van der Waals surface area contributed by atoms with Crippen molar-refractivity contribution in [2.24, 2.45) is 0 Å². The van der Waals surface area contributed by atoms with Gasteiger partial charge >= 0.3 is 5.69 Å². The number of benzene rings is 1. The Hall–Kier alpha value is -3.17. The van der Waals surface area contributed by atoms with Crippen molar-refractivity contribution in [3.63, 3.8) is 0 Å². The van der Waals surface area contributed by atoms with E-state index in [9.17, 15) is 23.3 Å². The SMILES string of the molecule is O=[N+]([O-])c1cnn2ccc(N3C[C@@H](F)C[C@@H]3c3cc(F)ccc3F)nc12. The van der Waals surface area contributed by atoms with E-state index in [0.29, 0.717) is 0 Å². The number of hydrogen-bond donors (Lipinski definition) is 0. The topological polar surface area (TPSA) is 76.6 Å². The Morgan fingerprint density at radius 3 is 2.85 bits per heavy atom. The molecule has 0 unspecified atom stereocenters. The number of halogens is 3. The predicted octanol–water partition coefficient (Wildman–Crippen LogP) is 3.21. The van der Waals surface area contributed by atoms with Crippen molar-refractivity contribution >= 4 is 17.2 Å². The predicted molar refractivity (Wildman–Crippen MR) is 85.6 cm³/mol. The van der Waals surface area contributed by atoms with Crippen molar-refractivity contribution in [1.29, 1.82) is 0 Å². The van der Waals surface area contributed by atoms with Gasteiger partial charge in [-0.25, -0.2) is 22.7 Å². The number of aromatic nitrogens is 3. The van der Waals surface area contributed by atoms with Gasteiger partial charge in [0.05, 0.1) is 17.5 Å². The Balaban J connectivity index is 1.80. The molecule has 26 heavy (non-hydrogen) atoms. The van der Waals surface area contributed by atoms with Crippen LogP contribution >= 0.6 is 0 Å². The minimum absolute atomic E-state index is 0.00623. The lowest BCUT2D eigenvalue weighted by Crippen LogP contribution is -2.25. The van der Waals surface area contributed by atoms with Gasteiger partial charge in [-0.1, -0.05) is 0 Å². The summed E-state index contributed by atoms with van der Waals surface area (Å²) in [6, 6.07) is 3.76. The molecule has 1 saturated heterocycles. The zero-order chi connectivity index (χ0) is 18.4. The maximum atomic E-state index is 14.2. The van der Waals surface area contributed by atoms with Crippen LogP contribution in [0.5, 0.6) is 0 Å². The number of fused-ring (bicyclic) bond motifs is 1. The van der Waals surface area contributed by atoms with Gasteiger partial charge in [0, 0.05) is 18.2 Å². The molecular weight excluding hydrogens is 351 g/mol. The first-order chi connectivity index (χ1) is 12.4. The van der Waals surface area contributed by atoms with Gasteiger partial charge in [0.25, 0.3) is 0 Å². The van der Waals surface area contributed by atoms with Gasteiger partial charge in [-0.05, 0) is 24.3 Å². The first kappa shape index (κ1) is 16.3. The number of nitrogens with zero attached hydrogens (tertiary/aromatic N) is 5. The molecule has 0 spiro atoms. The van der Waals surface area contributed by atoms with Crippen LogP contribution in [0.15, 0.2) is 36.7 Å². The van der Waals surface area contributed by atoms with E-state index in [4.69, 9.17) is 0 Å². The third-order valence-electron chi connectivity index (χ3n) is 4.39. The fraction of sp³-hybridized carbons (Fsp3) is 0.250. The van der Waals surface area contributed by atoms with Crippen LogP contribution in [0.1, 0.15) is 18.0 Å². The van der Waals surface area contributed by atoms with Crippen molar-refractivity contribution in [3.05, 3.63) is 64.0 Å². The Labute approximate surface area is 144 Å². The highest BCUT2D eigenvalue weighted by Gasteiger charge is 2.36. The minimum Gasteiger partial charge on any atom is -0.346 e. The fourth-order valence-electron chi connectivity index (χ4n) is 3.24. The van der Waals surface area contributed by atoms with Crippen LogP contribution < -0.4 is 4.90 Å². The summed E-state index contributed by atoms with van der Waals surface area (Å²) in [5.74, 6) is -1.04. The second-order valence-electron chi connectivity index (χ2n) is 6.01. The number of nitro groups is 1. The number of rotatable bonds is 3. The molecule has 0 saturated carbocycles. The van der Waals surface area contributed by atoms with Gasteiger partial charge in [0.1, 0.15) is 29.8 Å². The quantitative estimate of drug-likeness (QED) is 0.528. The first-order valence-electron chi connectivity index (χ1n) is 7.78. The van der Waals surface area contributed by atoms with Crippen molar-refractivity contribution < 1.29 is 18.1 Å². The molecule has 1 fully saturated rings. The molecule has 7 nitrogen and oxygen atoms in total. The standard InChI is InChI=1S/C16H12F3N5O2/c17-9-1-2-12(19)11(5-9)13-6-10(18)8-22(13)15-3-4-23-16(21-15)14(7-20-23)24(25)26/h1-5,7,10,13H,6,8H2/t10-,13+/m0/s1. The van der Waals surface area contributed by atoms with Gasteiger partial charge in [-0.2, -0.15) is 5.10 Å². The molecule has 0 aliphatic carbocycles. The molecule has 4 rings (SSSR count). The van der Waals surface area contributed by atoms with E-state index in [0.717, 1.165) is 24.4 Å². The summed E-state index contributed by atoms with van der Waals surface area (Å²) in [7, 11) is 0. The van der Waals surface area contributed by atoms with Crippen molar-refractivity contribution in [3.8, 4) is 0 Å². The van der Waals surface area contributed by atoms with Crippen molar-refractivity contribution in [2.45, 2.75) is 18.6 Å². The zero-order valence-electron chi connectivity index (χ0n) is 13.2. The molecule has 2 aromatic heterocycles. The molecule has 10 heteroatoms. The zero-order valence-corrected chi connectivity index (χ0v) is 13.2. The second kappa shape index (κ2) is 5.97. The third kappa shape index (κ3) is 2.63. The number of anilines is 1. The van der Waals surface area contributed by atoms with E-state index >= 15 is 0 Å². The van der Waals surface area contributed by atoms with E-state index in [1.807, 2.05) is 0 Å². The Kier molecular flexibility index (Phi) is 3.74. The molecule has 1 aromatic carbocycles. The van der Waals surface area contributed by atoms with Gasteiger partial charge in [-0.15, -0.1) is 0 Å². The molecule has 0 radical (unpaired) electrons. The van der Waals surface area contributed by atoms with Crippen molar-refractivity contribution in [2.75, 3.05) is 11.4 Å². The van der Waals surface area contributed by atoms with Crippen LogP contribution in [0.25, 0.3) is 5.65 Å². The summed E-state index contributed by atoms with van der Waals surface area (Å²) in [6.45, 7) is -0.0777. The van der Waals surface area contributed by atoms with Crippen LogP contribution in [-0.4, -0.2) is 32.2 Å². The summed E-state index contributed by atoms with van der Waals surface area (Å²) >= 11 is 0. The molecule has 0 amide bonds. The van der Waals surface area contributed by atoms with Crippen LogP contribution in [0.2, 0.25) is 0 Å². The van der Waals surface area contributed by atoms with E-state index in [-0.39, 0.29) is 35.7 Å². The Bertz CT molecular complexity index is 1010. The van der Waals surface area contributed by atoms with Gasteiger partial charge in [-0.3, -0.25) is 10.1 Å². The molecule has 3 aromatic rings. The highest BCUT2D eigenvalue weighted by molar-refractivity contribution is 5.61. The monoisotopic (exact) mass is 363 g/mol. The smallest absolute Gasteiger partial charge is 0.333 e. The average Bonchev–Trinajstić information content (AvgIpc) is 3.19. The van der Waals surface area contributed by atoms with Gasteiger partial charge in [0.15, 0.2) is 0 Å². The third-order valence-corrected chi connectivity index (χ3v) is 4.39. The van der Waals surface area contributed by atoms with Crippen molar-refractivity contribution in [1.82, 2.24) is 14.6 Å². The molecule has 3 heterocycles. The number of alkyl halides is 1. The van der Waals surface area contributed by atoms with E-state index in [2.05, 4.69) is 10.1 Å². The molecule has 2 atom stereocenters. The average molecular weight is 363 g/mol. The maximum Gasteiger partial charge on any atom is 0.333 e. The Morgan fingerprint density at radius 2 is 2.08 bits per heavy atom. The summed E-state index contributed by atoms with van der Waals surface area (Å²) in [5.41, 5.74) is -0.278. The highest BCUT2D eigenvalue weighted by Crippen LogP contribution is 2.38. The minimum atomic E-state index is -1.26. The number of hydrogen-bond acceptors (Lipinski definition) is 5. The maximum absolute atomic E-state index is 14.2. The van der Waals surface area contributed by atoms with Crippen LogP contribution in [0.3, 0.4) is 0 Å². The lowest BCUT2D eigenvalue weighted by molar-refractivity contribution is -0.383. The van der Waals surface area contributed by atoms with E-state index in [1.54, 1.807) is 0 Å². The van der Waals surface area contributed by atoms with E-state index < -0.39 is 28.8 Å². The summed E-state index contributed by atoms with van der Waals surface area (Å²) < 4.78 is 43.0. The molecule has 0 bridgehead atoms. The van der Waals surface area contributed by atoms with Crippen LogP contribution in [0.4, 0.5) is 24.7 Å². The van der Waals surface area contributed by atoms with Crippen LogP contribution in [0, 0.1) is 21.7 Å². The van der Waals surface area contributed by atoms with Gasteiger partial charge in [0.2, 0.25) is 5.65 Å². The fourth-order valence-corrected chi connectivity index (χ4v) is 3.24. The molecule has 1 aliphatic rings. The Morgan fingerprint density at radius 1 is 1.27 bits per heavy atom. The molecular formula is C16H12F3N5O2. The summed E-state index contributed by atoms with van der Waals surface area (Å²) in [6.07, 6.45) is 1.22. The van der Waals surface area contributed by atoms with Gasteiger partial charge < -0.3 is 4.90 Å².